The van der Waals surface area contributed by atoms with Crippen molar-refractivity contribution in [1.82, 2.24) is 15.6 Å². The number of hydrogen-bond donors (Lipinski definition) is 2. The van der Waals surface area contributed by atoms with Crippen LogP contribution in [0.4, 0.5) is 0 Å². The third kappa shape index (κ3) is 6.56. The Balaban J connectivity index is 1.55. The van der Waals surface area contributed by atoms with E-state index < -0.39 is 0 Å². The number of carbonyl (C=O) groups is 1. The molecule has 0 aliphatic heterocycles. The highest BCUT2D eigenvalue weighted by molar-refractivity contribution is 7.99. The number of nitrogens with one attached hydrogen (secondary N) is 2. The van der Waals surface area contributed by atoms with Gasteiger partial charge in [0.1, 0.15) is 11.4 Å². The summed E-state index contributed by atoms with van der Waals surface area (Å²) < 4.78 is 7.29. The molecule has 190 valence electrons. The minimum atomic E-state index is -0.292. The van der Waals surface area contributed by atoms with Gasteiger partial charge in [-0.15, -0.1) is 10.8 Å². The van der Waals surface area contributed by atoms with Crippen molar-refractivity contribution in [3.63, 3.8) is 0 Å². The lowest BCUT2D eigenvalue weighted by molar-refractivity contribution is -0.625. The summed E-state index contributed by atoms with van der Waals surface area (Å²) in [5.41, 5.74) is 6.25. The van der Waals surface area contributed by atoms with Gasteiger partial charge in [0.2, 0.25) is 0 Å². The number of nitrogens with zero attached hydrogens (tertiary/aromatic N) is 3. The molecular formula is C28H29N5O3S. The van der Waals surface area contributed by atoms with E-state index >= 15 is 0 Å². The molecule has 4 rings (SSSR count). The van der Waals surface area contributed by atoms with Crippen molar-refractivity contribution in [2.24, 2.45) is 5.10 Å². The van der Waals surface area contributed by atoms with Crippen LogP contribution in [0.5, 0.6) is 11.5 Å². The summed E-state index contributed by atoms with van der Waals surface area (Å²) in [5, 5.41) is 23.6. The number of H-pyrrole nitrogens is 1. The standard InChI is InChI=1S/C28H29N5O3S/c1-28(2,3)21-10-8-20(9-11-21)26-31-32-27(33(26)22-12-14-24(36-4)15-13-22)37-18-25(35)30-29-17-19-6-5-7-23(34)16-19/h5-17H,18H2,1-4H3,(H2,30,34,35)/b29-17+. The van der Waals surface area contributed by atoms with Crippen LogP contribution in [0.3, 0.4) is 0 Å². The number of amides is 1. The van der Waals surface area contributed by atoms with E-state index in [0.29, 0.717) is 10.7 Å². The second kappa shape index (κ2) is 11.3. The average molecular weight is 516 g/mol. The number of benzene rings is 3. The van der Waals surface area contributed by atoms with E-state index in [2.05, 4.69) is 65.8 Å². The molecule has 0 bridgehead atoms. The summed E-state index contributed by atoms with van der Waals surface area (Å²) in [6, 6.07) is 22.3. The van der Waals surface area contributed by atoms with Crippen LogP contribution in [-0.4, -0.2) is 35.2 Å². The summed E-state index contributed by atoms with van der Waals surface area (Å²) >= 11 is 1.28. The fraction of sp³-hybridized carbons (Fsp3) is 0.214. The lowest BCUT2D eigenvalue weighted by atomic mass is 9.87. The highest BCUT2D eigenvalue weighted by Crippen LogP contribution is 2.26. The van der Waals surface area contributed by atoms with Crippen LogP contribution in [0.15, 0.2) is 83.1 Å². The van der Waals surface area contributed by atoms with E-state index in [-0.39, 0.29) is 22.8 Å². The minimum Gasteiger partial charge on any atom is -0.872 e. The summed E-state index contributed by atoms with van der Waals surface area (Å²) in [7, 11) is 1.63. The predicted octanol–water partition coefficient (Wildman–Crippen LogP) is 3.98. The van der Waals surface area contributed by atoms with Crippen LogP contribution in [0.1, 0.15) is 31.9 Å². The zero-order valence-electron chi connectivity index (χ0n) is 21.2. The molecule has 3 aromatic carbocycles. The molecule has 8 nitrogen and oxygen atoms in total. The van der Waals surface area contributed by atoms with Crippen molar-refractivity contribution < 1.29 is 19.2 Å². The van der Waals surface area contributed by atoms with Gasteiger partial charge in [0, 0.05) is 0 Å². The molecule has 9 heteroatoms. The minimum absolute atomic E-state index is 0.0487. The van der Waals surface area contributed by atoms with Crippen molar-refractivity contribution in [2.75, 3.05) is 12.9 Å². The third-order valence-electron chi connectivity index (χ3n) is 5.62. The molecule has 1 aromatic heterocycles. The first-order chi connectivity index (χ1) is 17.7. The van der Waals surface area contributed by atoms with Crippen LogP contribution in [0, 0.1) is 0 Å². The molecule has 0 unspecified atom stereocenters. The number of thioether (sulfide) groups is 1. The number of hydrazone groups is 1. The molecule has 0 fully saturated rings. The number of rotatable bonds is 8. The van der Waals surface area contributed by atoms with Crippen LogP contribution in [0.25, 0.3) is 17.1 Å². The van der Waals surface area contributed by atoms with Gasteiger partial charge in [-0.05, 0) is 64.7 Å². The zero-order valence-corrected chi connectivity index (χ0v) is 22.0. The molecule has 0 spiro atoms. The first-order valence-electron chi connectivity index (χ1n) is 11.7. The first-order valence-corrected chi connectivity index (χ1v) is 12.7. The van der Waals surface area contributed by atoms with Crippen molar-refractivity contribution in [2.45, 2.75) is 31.3 Å². The number of ether oxygens (including phenoxy) is 1. The SMILES string of the molecule is COc1ccc(-[n+]2c(SCC(=O)N/N=C/c3cccc([O-])c3)n[nH]c2-c2ccc(C(C)(C)C)cc2)cc1. The maximum absolute atomic E-state index is 12.4. The molecule has 0 aliphatic rings. The number of methoxy groups -OCH3 is 1. The number of carbonyl (C=O) groups excluding carboxylic acids is 1. The van der Waals surface area contributed by atoms with Crippen LogP contribution >= 0.6 is 11.8 Å². The van der Waals surface area contributed by atoms with E-state index in [9.17, 15) is 9.90 Å². The number of hydrogen-bond acceptors (Lipinski definition) is 6. The first kappa shape index (κ1) is 26.0. The molecular weight excluding hydrogens is 486 g/mol. The van der Waals surface area contributed by atoms with Crippen molar-refractivity contribution in [1.29, 1.82) is 0 Å². The van der Waals surface area contributed by atoms with Gasteiger partial charge in [0.25, 0.3) is 11.7 Å². The van der Waals surface area contributed by atoms with E-state index in [1.807, 2.05) is 28.8 Å². The Bertz CT molecular complexity index is 1390. The summed E-state index contributed by atoms with van der Waals surface area (Å²) in [6.07, 6.45) is 1.44. The zero-order chi connectivity index (χ0) is 26.4. The van der Waals surface area contributed by atoms with E-state index in [1.54, 1.807) is 19.2 Å². The summed E-state index contributed by atoms with van der Waals surface area (Å²) in [4.78, 5) is 12.4. The smallest absolute Gasteiger partial charge is 0.342 e. The molecule has 0 atom stereocenters. The Morgan fingerprint density at radius 2 is 1.86 bits per heavy atom. The third-order valence-corrected chi connectivity index (χ3v) is 6.56. The Hall–Kier alpha value is -4.11. The molecule has 0 radical (unpaired) electrons. The van der Waals surface area contributed by atoms with Gasteiger partial charge in [0.15, 0.2) is 0 Å². The predicted molar refractivity (Wildman–Crippen MR) is 143 cm³/mol. The lowest BCUT2D eigenvalue weighted by Crippen LogP contribution is -2.34. The van der Waals surface area contributed by atoms with Crippen molar-refractivity contribution in [3.8, 4) is 28.6 Å². The average Bonchev–Trinajstić information content (AvgIpc) is 3.31. The van der Waals surface area contributed by atoms with Crippen LogP contribution < -0.4 is 19.8 Å². The molecule has 37 heavy (non-hydrogen) atoms. The molecule has 2 N–H and O–H groups in total. The van der Waals surface area contributed by atoms with E-state index in [4.69, 9.17) is 4.74 Å². The molecule has 4 aromatic rings. The Morgan fingerprint density at radius 1 is 1.14 bits per heavy atom. The highest BCUT2D eigenvalue weighted by atomic mass is 32.2. The fourth-order valence-corrected chi connectivity index (χ4v) is 4.38. The van der Waals surface area contributed by atoms with Crippen LogP contribution in [-0.2, 0) is 10.2 Å². The Kier molecular flexibility index (Phi) is 7.93. The van der Waals surface area contributed by atoms with Crippen molar-refractivity contribution in [3.05, 3.63) is 83.9 Å². The maximum Gasteiger partial charge on any atom is 0.342 e. The molecule has 0 aliphatic carbocycles. The van der Waals surface area contributed by atoms with Gasteiger partial charge in [0.05, 0.1) is 29.7 Å². The summed E-state index contributed by atoms with van der Waals surface area (Å²) in [6.45, 7) is 6.54. The van der Waals surface area contributed by atoms with Gasteiger partial charge < -0.3 is 9.84 Å². The van der Waals surface area contributed by atoms with E-state index in [1.165, 1.54) is 35.7 Å². The monoisotopic (exact) mass is 515 g/mol. The van der Waals surface area contributed by atoms with Crippen molar-refractivity contribution >= 4 is 23.9 Å². The van der Waals surface area contributed by atoms with Gasteiger partial charge in [-0.2, -0.15) is 9.67 Å². The summed E-state index contributed by atoms with van der Waals surface area (Å²) in [5.74, 6) is 1.24. The normalized spacial score (nSPS) is 11.6. The largest absolute Gasteiger partial charge is 0.872 e. The lowest BCUT2D eigenvalue weighted by Gasteiger charge is -2.18. The quantitative estimate of drug-likeness (QED) is 0.160. The highest BCUT2D eigenvalue weighted by Gasteiger charge is 2.25. The Morgan fingerprint density at radius 3 is 2.51 bits per heavy atom. The molecule has 1 amide bonds. The molecule has 0 saturated carbocycles. The maximum atomic E-state index is 12.4. The number of aromatic amines is 1. The fourth-order valence-electron chi connectivity index (χ4n) is 3.62. The second-order valence-corrected chi connectivity index (χ2v) is 10.3. The van der Waals surface area contributed by atoms with Gasteiger partial charge >= 0.3 is 5.16 Å². The van der Waals surface area contributed by atoms with Gasteiger partial charge in [-0.25, -0.2) is 5.43 Å². The van der Waals surface area contributed by atoms with Gasteiger partial charge in [-0.3, -0.25) is 4.79 Å². The van der Waals surface area contributed by atoms with E-state index in [0.717, 1.165) is 22.8 Å². The van der Waals surface area contributed by atoms with Gasteiger partial charge in [-0.1, -0.05) is 57.2 Å². The molecule has 0 saturated heterocycles. The second-order valence-electron chi connectivity index (χ2n) is 9.37. The molecule has 1 heterocycles. The number of aromatic nitrogens is 3. The topological polar surface area (TPSA) is 106 Å². The van der Waals surface area contributed by atoms with Crippen LogP contribution in [0.2, 0.25) is 0 Å². The Labute approximate surface area is 220 Å².